The van der Waals surface area contributed by atoms with E-state index >= 15 is 0 Å². The van der Waals surface area contributed by atoms with Crippen LogP contribution in [-0.2, 0) is 0 Å². The number of benzene rings is 1. The summed E-state index contributed by atoms with van der Waals surface area (Å²) in [4.78, 5) is 7.26. The van der Waals surface area contributed by atoms with E-state index in [1.807, 2.05) is 24.4 Å². The molecule has 5 heteroatoms. The van der Waals surface area contributed by atoms with Crippen LogP contribution >= 0.6 is 0 Å². The van der Waals surface area contributed by atoms with Crippen molar-refractivity contribution in [2.75, 3.05) is 25.2 Å². The topological polar surface area (TPSA) is 46.6 Å². The van der Waals surface area contributed by atoms with Crippen LogP contribution in [0.15, 0.2) is 36.5 Å². The molecule has 5 heterocycles. The van der Waals surface area contributed by atoms with Gasteiger partial charge in [-0.15, -0.1) is 0 Å². The van der Waals surface area contributed by atoms with E-state index in [0.717, 1.165) is 34.4 Å². The average Bonchev–Trinajstić information content (AvgIpc) is 3.13. The minimum Gasteiger partial charge on any atom is -0.454 e. The second-order valence-corrected chi connectivity index (χ2v) is 7.25. The minimum absolute atomic E-state index is 0.295. The summed E-state index contributed by atoms with van der Waals surface area (Å²) >= 11 is 0. The lowest BCUT2D eigenvalue weighted by Crippen LogP contribution is -2.59. The molecule has 5 nitrogen and oxygen atoms in total. The second-order valence-electron chi connectivity index (χ2n) is 7.25. The van der Waals surface area contributed by atoms with Crippen LogP contribution in [-0.4, -0.2) is 41.9 Å². The zero-order chi connectivity index (χ0) is 16.8. The SMILES string of the molecule is C[C@@H]1[C@@H](Nc2cccnc2-c2ccc3c(c2)OCO3)C2CCN1CC2. The summed E-state index contributed by atoms with van der Waals surface area (Å²) in [5.74, 6) is 2.36. The first-order valence-electron chi connectivity index (χ1n) is 9.15. The lowest BCUT2D eigenvalue weighted by Gasteiger charge is -2.50. The molecule has 2 aromatic rings. The highest BCUT2D eigenvalue weighted by Crippen LogP contribution is 2.39. The molecule has 0 amide bonds. The van der Waals surface area contributed by atoms with E-state index in [4.69, 9.17) is 9.47 Å². The summed E-state index contributed by atoms with van der Waals surface area (Å²) in [5.41, 5.74) is 3.14. The molecule has 130 valence electrons. The van der Waals surface area contributed by atoms with Crippen molar-refractivity contribution < 1.29 is 9.47 Å². The van der Waals surface area contributed by atoms with Crippen molar-refractivity contribution in [2.24, 2.45) is 5.92 Å². The van der Waals surface area contributed by atoms with E-state index in [1.165, 1.54) is 25.9 Å². The summed E-state index contributed by atoms with van der Waals surface area (Å²) in [5, 5.41) is 3.82. The molecule has 6 rings (SSSR count). The molecule has 3 fully saturated rings. The normalized spacial score (nSPS) is 29.6. The van der Waals surface area contributed by atoms with Crippen molar-refractivity contribution in [3.63, 3.8) is 0 Å². The van der Waals surface area contributed by atoms with Crippen LogP contribution in [0.25, 0.3) is 11.3 Å². The third-order valence-corrected chi connectivity index (χ3v) is 5.95. The Kier molecular flexibility index (Phi) is 3.55. The first-order chi connectivity index (χ1) is 12.3. The van der Waals surface area contributed by atoms with Gasteiger partial charge in [0.15, 0.2) is 11.5 Å². The number of anilines is 1. The molecule has 25 heavy (non-hydrogen) atoms. The number of aromatic nitrogens is 1. The Bertz CT molecular complexity index is 784. The van der Waals surface area contributed by atoms with Gasteiger partial charge in [-0.3, -0.25) is 9.88 Å². The number of piperidine rings is 3. The molecule has 1 aromatic heterocycles. The largest absolute Gasteiger partial charge is 0.454 e. The number of hydrogen-bond donors (Lipinski definition) is 1. The summed E-state index contributed by atoms with van der Waals surface area (Å²) in [7, 11) is 0. The van der Waals surface area contributed by atoms with E-state index in [2.05, 4.69) is 34.3 Å². The number of nitrogens with one attached hydrogen (secondary N) is 1. The highest BCUT2D eigenvalue weighted by atomic mass is 16.7. The number of pyridine rings is 1. The monoisotopic (exact) mass is 337 g/mol. The fourth-order valence-electron chi connectivity index (χ4n) is 4.52. The zero-order valence-corrected chi connectivity index (χ0v) is 14.4. The number of fused-ring (bicyclic) bond motifs is 4. The Balaban J connectivity index is 1.47. The van der Waals surface area contributed by atoms with Crippen molar-refractivity contribution in [3.05, 3.63) is 36.5 Å². The van der Waals surface area contributed by atoms with Crippen molar-refractivity contribution in [2.45, 2.75) is 31.8 Å². The van der Waals surface area contributed by atoms with Crippen molar-refractivity contribution >= 4 is 5.69 Å². The predicted octanol–water partition coefficient (Wildman–Crippen LogP) is 3.37. The van der Waals surface area contributed by atoms with Crippen LogP contribution in [0.3, 0.4) is 0 Å². The Morgan fingerprint density at radius 2 is 1.96 bits per heavy atom. The van der Waals surface area contributed by atoms with Crippen molar-refractivity contribution in [1.29, 1.82) is 0 Å². The first kappa shape index (κ1) is 15.0. The maximum Gasteiger partial charge on any atom is 0.231 e. The van der Waals surface area contributed by atoms with E-state index in [9.17, 15) is 0 Å². The lowest BCUT2D eigenvalue weighted by molar-refractivity contribution is 0.0458. The number of nitrogens with zero attached hydrogens (tertiary/aromatic N) is 2. The van der Waals surface area contributed by atoms with Gasteiger partial charge in [-0.1, -0.05) is 0 Å². The van der Waals surface area contributed by atoms with Crippen molar-refractivity contribution in [3.8, 4) is 22.8 Å². The van der Waals surface area contributed by atoms with Gasteiger partial charge in [0, 0.05) is 23.8 Å². The number of rotatable bonds is 3. The maximum atomic E-state index is 5.53. The summed E-state index contributed by atoms with van der Waals surface area (Å²) < 4.78 is 11.0. The molecule has 0 saturated carbocycles. The summed E-state index contributed by atoms with van der Waals surface area (Å²) in [6.45, 7) is 5.13. The van der Waals surface area contributed by atoms with Gasteiger partial charge in [-0.2, -0.15) is 0 Å². The smallest absolute Gasteiger partial charge is 0.231 e. The molecule has 2 atom stereocenters. The van der Waals surface area contributed by atoms with E-state index < -0.39 is 0 Å². The molecule has 0 aliphatic carbocycles. The molecule has 0 spiro atoms. The van der Waals surface area contributed by atoms with Crippen LogP contribution in [0.1, 0.15) is 19.8 Å². The fraction of sp³-hybridized carbons (Fsp3) is 0.450. The van der Waals surface area contributed by atoms with Gasteiger partial charge in [0.1, 0.15) is 0 Å². The van der Waals surface area contributed by atoms with Gasteiger partial charge in [0.05, 0.1) is 11.4 Å². The molecule has 4 aliphatic rings. The Labute approximate surface area is 148 Å². The Hall–Kier alpha value is -2.27. The molecule has 3 saturated heterocycles. The average molecular weight is 337 g/mol. The minimum atomic E-state index is 0.295. The van der Waals surface area contributed by atoms with E-state index in [1.54, 1.807) is 0 Å². The fourth-order valence-corrected chi connectivity index (χ4v) is 4.52. The molecule has 4 aliphatic heterocycles. The quantitative estimate of drug-likeness (QED) is 0.930. The molecule has 0 radical (unpaired) electrons. The van der Waals surface area contributed by atoms with Gasteiger partial charge < -0.3 is 14.8 Å². The third-order valence-electron chi connectivity index (χ3n) is 5.95. The highest BCUT2D eigenvalue weighted by molar-refractivity contribution is 5.76. The first-order valence-corrected chi connectivity index (χ1v) is 9.15. The highest BCUT2D eigenvalue weighted by Gasteiger charge is 2.39. The standard InChI is InChI=1S/C20H23N3O2/c1-13-19(14-6-9-23(13)10-7-14)22-16-3-2-8-21-20(16)15-4-5-17-18(11-15)25-12-24-17/h2-5,8,11,13-14,19,22H,6-7,9-10,12H2,1H3/t13-,19-/m1/s1. The predicted molar refractivity (Wildman–Crippen MR) is 97.0 cm³/mol. The van der Waals surface area contributed by atoms with Gasteiger partial charge in [-0.05, 0) is 69.1 Å². The Morgan fingerprint density at radius 1 is 1.12 bits per heavy atom. The van der Waals surface area contributed by atoms with Crippen LogP contribution in [0, 0.1) is 5.92 Å². The van der Waals surface area contributed by atoms with Crippen LogP contribution in [0.4, 0.5) is 5.69 Å². The molecule has 0 unspecified atom stereocenters. The van der Waals surface area contributed by atoms with Crippen LogP contribution in [0.2, 0.25) is 0 Å². The molecular formula is C20H23N3O2. The molecule has 2 bridgehead atoms. The Morgan fingerprint density at radius 3 is 2.80 bits per heavy atom. The molecular weight excluding hydrogens is 314 g/mol. The van der Waals surface area contributed by atoms with Gasteiger partial charge in [0.2, 0.25) is 6.79 Å². The van der Waals surface area contributed by atoms with Crippen molar-refractivity contribution in [1.82, 2.24) is 9.88 Å². The lowest BCUT2D eigenvalue weighted by atomic mass is 9.79. The second kappa shape index (κ2) is 5.92. The third kappa shape index (κ3) is 2.54. The van der Waals surface area contributed by atoms with Gasteiger partial charge in [0.25, 0.3) is 0 Å². The maximum absolute atomic E-state index is 5.53. The van der Waals surface area contributed by atoms with E-state index in [0.29, 0.717) is 18.9 Å². The summed E-state index contributed by atoms with van der Waals surface area (Å²) in [6.07, 6.45) is 4.44. The molecule has 1 aromatic carbocycles. The number of hydrogen-bond acceptors (Lipinski definition) is 5. The molecule has 1 N–H and O–H groups in total. The van der Waals surface area contributed by atoms with Gasteiger partial charge in [-0.25, -0.2) is 0 Å². The van der Waals surface area contributed by atoms with Gasteiger partial charge >= 0.3 is 0 Å². The summed E-state index contributed by atoms with van der Waals surface area (Å²) in [6, 6.07) is 11.2. The van der Waals surface area contributed by atoms with E-state index in [-0.39, 0.29) is 0 Å². The van der Waals surface area contributed by atoms with Crippen LogP contribution in [0.5, 0.6) is 11.5 Å². The zero-order valence-electron chi connectivity index (χ0n) is 14.4. The number of ether oxygens (including phenoxy) is 2. The van der Waals surface area contributed by atoms with Crippen LogP contribution < -0.4 is 14.8 Å².